The van der Waals surface area contributed by atoms with Crippen LogP contribution in [0.4, 0.5) is 13.2 Å². The number of benzene rings is 1. The highest BCUT2D eigenvalue weighted by Gasteiger charge is 2.31. The van der Waals surface area contributed by atoms with E-state index in [0.717, 1.165) is 12.1 Å². The third kappa shape index (κ3) is 3.34. The molecule has 0 N–H and O–H groups in total. The van der Waals surface area contributed by atoms with Crippen LogP contribution in [0.15, 0.2) is 34.9 Å². The number of hydrogen-bond donors (Lipinski definition) is 0. The molecular formula is C12H8F3NO3. The van der Waals surface area contributed by atoms with E-state index in [1.807, 2.05) is 0 Å². The summed E-state index contributed by atoms with van der Waals surface area (Å²) in [5, 5.41) is 0. The number of Topliss-reactive ketones (excluding diaryl/α,β-unsaturated/α-hetero) is 1. The second kappa shape index (κ2) is 4.75. The van der Waals surface area contributed by atoms with Crippen molar-refractivity contribution in [3.63, 3.8) is 0 Å². The molecule has 0 saturated carbocycles. The number of oxazole rings is 1. The molecule has 0 bridgehead atoms. The van der Waals surface area contributed by atoms with Crippen LogP contribution in [0.25, 0.3) is 11.3 Å². The molecule has 2 aromatic rings. The van der Waals surface area contributed by atoms with Crippen LogP contribution in [-0.2, 0) is 0 Å². The molecule has 0 aliphatic heterocycles. The molecule has 100 valence electrons. The number of nitrogens with zero attached hydrogens (tertiary/aromatic N) is 1. The van der Waals surface area contributed by atoms with Gasteiger partial charge in [-0.15, -0.1) is 13.2 Å². The first kappa shape index (κ1) is 13.1. The van der Waals surface area contributed by atoms with Crippen molar-refractivity contribution in [3.8, 4) is 17.1 Å². The van der Waals surface area contributed by atoms with Gasteiger partial charge in [-0.2, -0.15) is 0 Å². The number of carbonyl (C=O) groups is 1. The number of alkyl halides is 3. The molecular weight excluding hydrogens is 263 g/mol. The smallest absolute Gasteiger partial charge is 0.434 e. The van der Waals surface area contributed by atoms with E-state index in [1.165, 1.54) is 25.3 Å². The normalized spacial score (nSPS) is 11.4. The summed E-state index contributed by atoms with van der Waals surface area (Å²) in [7, 11) is 0. The Morgan fingerprint density at radius 3 is 2.37 bits per heavy atom. The Labute approximate surface area is 105 Å². The highest BCUT2D eigenvalue weighted by atomic mass is 19.4. The minimum Gasteiger partial charge on any atom is -0.434 e. The van der Waals surface area contributed by atoms with E-state index in [0.29, 0.717) is 11.3 Å². The fraction of sp³-hybridized carbons (Fsp3) is 0.167. The highest BCUT2D eigenvalue weighted by molar-refractivity contribution is 5.89. The Morgan fingerprint density at radius 1 is 1.26 bits per heavy atom. The van der Waals surface area contributed by atoms with Crippen molar-refractivity contribution in [2.24, 2.45) is 0 Å². The van der Waals surface area contributed by atoms with Gasteiger partial charge < -0.3 is 9.15 Å². The third-order valence-corrected chi connectivity index (χ3v) is 2.18. The Kier molecular flexibility index (Phi) is 3.28. The Morgan fingerprint density at radius 2 is 1.89 bits per heavy atom. The zero-order valence-electron chi connectivity index (χ0n) is 9.69. The summed E-state index contributed by atoms with van der Waals surface area (Å²) in [6.07, 6.45) is -3.40. The molecule has 1 heterocycles. The second-order valence-corrected chi connectivity index (χ2v) is 3.66. The third-order valence-electron chi connectivity index (χ3n) is 2.18. The maximum absolute atomic E-state index is 12.0. The van der Waals surface area contributed by atoms with Gasteiger partial charge in [0.1, 0.15) is 5.75 Å². The van der Waals surface area contributed by atoms with Gasteiger partial charge in [0.05, 0.1) is 6.20 Å². The summed E-state index contributed by atoms with van der Waals surface area (Å²) in [5.41, 5.74) is 0.495. The van der Waals surface area contributed by atoms with E-state index in [-0.39, 0.29) is 17.4 Å². The van der Waals surface area contributed by atoms with Crippen molar-refractivity contribution in [2.45, 2.75) is 13.3 Å². The lowest BCUT2D eigenvalue weighted by atomic mass is 10.2. The Balaban J connectivity index is 2.20. The van der Waals surface area contributed by atoms with Gasteiger partial charge in [-0.3, -0.25) is 4.79 Å². The van der Waals surface area contributed by atoms with E-state index in [2.05, 4.69) is 9.72 Å². The highest BCUT2D eigenvalue weighted by Crippen LogP contribution is 2.26. The molecule has 0 spiro atoms. The van der Waals surface area contributed by atoms with E-state index in [1.54, 1.807) is 0 Å². The molecule has 0 radical (unpaired) electrons. The molecule has 19 heavy (non-hydrogen) atoms. The molecule has 0 unspecified atom stereocenters. The van der Waals surface area contributed by atoms with E-state index < -0.39 is 6.36 Å². The first-order chi connectivity index (χ1) is 8.85. The van der Waals surface area contributed by atoms with Crippen molar-refractivity contribution in [1.82, 2.24) is 4.98 Å². The van der Waals surface area contributed by atoms with Crippen LogP contribution in [0.2, 0.25) is 0 Å². The average molecular weight is 271 g/mol. The van der Waals surface area contributed by atoms with Gasteiger partial charge in [0.25, 0.3) is 5.89 Å². The number of rotatable bonds is 3. The van der Waals surface area contributed by atoms with Crippen LogP contribution in [0.1, 0.15) is 17.6 Å². The largest absolute Gasteiger partial charge is 0.573 e. The first-order valence-corrected chi connectivity index (χ1v) is 5.18. The minimum atomic E-state index is -4.73. The molecule has 0 atom stereocenters. The van der Waals surface area contributed by atoms with Crippen LogP contribution >= 0.6 is 0 Å². The summed E-state index contributed by atoms with van der Waals surface area (Å²) in [4.78, 5) is 14.7. The first-order valence-electron chi connectivity index (χ1n) is 5.18. The van der Waals surface area contributed by atoms with Crippen LogP contribution in [-0.4, -0.2) is 17.1 Å². The maximum atomic E-state index is 12.0. The maximum Gasteiger partial charge on any atom is 0.573 e. The van der Waals surface area contributed by atoms with Crippen molar-refractivity contribution in [3.05, 3.63) is 36.4 Å². The van der Waals surface area contributed by atoms with E-state index in [4.69, 9.17) is 4.42 Å². The predicted octanol–water partition coefficient (Wildman–Crippen LogP) is 3.44. The van der Waals surface area contributed by atoms with Crippen molar-refractivity contribution < 1.29 is 27.1 Å². The van der Waals surface area contributed by atoms with Gasteiger partial charge >= 0.3 is 6.36 Å². The zero-order chi connectivity index (χ0) is 14.0. The van der Waals surface area contributed by atoms with Crippen molar-refractivity contribution >= 4 is 5.78 Å². The monoisotopic (exact) mass is 271 g/mol. The lowest BCUT2D eigenvalue weighted by Gasteiger charge is -2.08. The van der Waals surface area contributed by atoms with Gasteiger partial charge in [0.2, 0.25) is 5.78 Å². The number of carbonyl (C=O) groups excluding carboxylic acids is 1. The van der Waals surface area contributed by atoms with Crippen LogP contribution < -0.4 is 4.74 Å². The summed E-state index contributed by atoms with van der Waals surface area (Å²) in [5.74, 6) is -0.416. The Hall–Kier alpha value is -2.31. The van der Waals surface area contributed by atoms with E-state index >= 15 is 0 Å². The minimum absolute atomic E-state index is 0.0504. The fourth-order valence-electron chi connectivity index (χ4n) is 1.39. The number of hydrogen-bond acceptors (Lipinski definition) is 4. The van der Waals surface area contributed by atoms with Gasteiger partial charge in [-0.1, -0.05) is 0 Å². The lowest BCUT2D eigenvalue weighted by Crippen LogP contribution is -2.16. The summed E-state index contributed by atoms with van der Waals surface area (Å²) in [6, 6.07) is 5.06. The van der Waals surface area contributed by atoms with Crippen LogP contribution in [0, 0.1) is 0 Å². The van der Waals surface area contributed by atoms with Gasteiger partial charge in [0, 0.05) is 12.5 Å². The lowest BCUT2D eigenvalue weighted by molar-refractivity contribution is -0.274. The topological polar surface area (TPSA) is 52.3 Å². The number of ether oxygens (including phenoxy) is 1. The number of halogens is 3. The number of aromatic nitrogens is 1. The van der Waals surface area contributed by atoms with Crippen LogP contribution in [0.3, 0.4) is 0 Å². The van der Waals surface area contributed by atoms with Gasteiger partial charge in [0.15, 0.2) is 5.76 Å². The fourth-order valence-corrected chi connectivity index (χ4v) is 1.39. The molecule has 0 fully saturated rings. The molecule has 0 aliphatic carbocycles. The molecule has 1 aromatic heterocycles. The molecule has 4 nitrogen and oxygen atoms in total. The van der Waals surface area contributed by atoms with Gasteiger partial charge in [-0.05, 0) is 24.3 Å². The average Bonchev–Trinajstić information content (AvgIpc) is 2.77. The zero-order valence-corrected chi connectivity index (χ0v) is 9.69. The van der Waals surface area contributed by atoms with Crippen molar-refractivity contribution in [2.75, 3.05) is 0 Å². The molecule has 1 aromatic carbocycles. The molecule has 0 aliphatic rings. The van der Waals surface area contributed by atoms with Gasteiger partial charge in [-0.25, -0.2) is 4.98 Å². The Bertz CT molecular complexity index is 587. The SMILES string of the molecule is CC(=O)c1ncc(-c2ccc(OC(F)(F)F)cc2)o1. The van der Waals surface area contributed by atoms with E-state index in [9.17, 15) is 18.0 Å². The molecule has 0 amide bonds. The second-order valence-electron chi connectivity index (χ2n) is 3.66. The number of ketones is 1. The molecule has 7 heteroatoms. The van der Waals surface area contributed by atoms with Crippen LogP contribution in [0.5, 0.6) is 5.75 Å². The predicted molar refractivity (Wildman–Crippen MR) is 58.6 cm³/mol. The molecule has 0 saturated heterocycles. The quantitative estimate of drug-likeness (QED) is 0.802. The standard InChI is InChI=1S/C12H8F3NO3/c1-7(17)11-16-6-10(18-11)8-2-4-9(5-3-8)19-12(13,14)15/h2-6H,1H3. The summed E-state index contributed by atoms with van der Waals surface area (Å²) in [6.45, 7) is 1.30. The summed E-state index contributed by atoms with van der Waals surface area (Å²) < 4.78 is 44.8. The summed E-state index contributed by atoms with van der Waals surface area (Å²) >= 11 is 0. The van der Waals surface area contributed by atoms with Crippen molar-refractivity contribution in [1.29, 1.82) is 0 Å². The molecule has 2 rings (SSSR count).